The summed E-state index contributed by atoms with van der Waals surface area (Å²) in [5.74, 6) is 0.388. The number of nitrogens with two attached hydrogens (primary N) is 1. The third kappa shape index (κ3) is 6.21. The zero-order valence-electron chi connectivity index (χ0n) is 12.2. The number of hydrogen-bond donors (Lipinski definition) is 2. The van der Waals surface area contributed by atoms with Gasteiger partial charge in [0.05, 0.1) is 5.25 Å². The van der Waals surface area contributed by atoms with Gasteiger partial charge in [-0.05, 0) is 27.2 Å². The largest absolute Gasteiger partial charge is 0.384 e. The van der Waals surface area contributed by atoms with E-state index >= 15 is 0 Å². The average molecular weight is 298 g/mol. The van der Waals surface area contributed by atoms with Crippen LogP contribution in [0.2, 0.25) is 0 Å². The molecule has 1 heterocycles. The predicted molar refractivity (Wildman–Crippen MR) is 80.6 cm³/mol. The van der Waals surface area contributed by atoms with Gasteiger partial charge in [0.2, 0.25) is 5.91 Å². The van der Waals surface area contributed by atoms with Gasteiger partial charge in [0.15, 0.2) is 5.16 Å². The van der Waals surface area contributed by atoms with Gasteiger partial charge < -0.3 is 15.8 Å². The quantitative estimate of drug-likeness (QED) is 0.428. The molecule has 7 heteroatoms. The molecule has 1 amide bonds. The first-order valence-electron chi connectivity index (χ1n) is 6.66. The number of nitrogens with zero attached hydrogens (tertiary/aromatic N) is 2. The molecule has 0 saturated carbocycles. The number of carbonyl (C=O) groups excluding carboxylic acids is 1. The maximum absolute atomic E-state index is 11.9. The molecule has 112 valence electrons. The number of nitrogens with one attached hydrogen (secondary N) is 1. The third-order valence-corrected chi connectivity index (χ3v) is 3.43. The van der Waals surface area contributed by atoms with E-state index in [1.165, 1.54) is 11.8 Å². The van der Waals surface area contributed by atoms with Gasteiger partial charge >= 0.3 is 0 Å². The van der Waals surface area contributed by atoms with Crippen molar-refractivity contribution >= 4 is 23.5 Å². The van der Waals surface area contributed by atoms with Crippen molar-refractivity contribution in [2.24, 2.45) is 0 Å². The molecule has 1 aromatic rings. The van der Waals surface area contributed by atoms with Crippen molar-refractivity contribution in [2.45, 2.75) is 37.6 Å². The van der Waals surface area contributed by atoms with Crippen LogP contribution in [-0.2, 0) is 9.53 Å². The van der Waals surface area contributed by atoms with Crippen LogP contribution in [-0.4, -0.2) is 40.9 Å². The maximum Gasteiger partial charge on any atom is 0.233 e. The van der Waals surface area contributed by atoms with Gasteiger partial charge in [0.25, 0.3) is 0 Å². The number of carbonyl (C=O) groups is 1. The SMILES string of the molecule is CCOCCCNC(=O)C(C)Sc1nc(C)cc(N)n1. The summed E-state index contributed by atoms with van der Waals surface area (Å²) in [7, 11) is 0. The highest BCUT2D eigenvalue weighted by Crippen LogP contribution is 2.20. The first kappa shape index (κ1) is 16.7. The van der Waals surface area contributed by atoms with Crippen LogP contribution in [0.4, 0.5) is 5.82 Å². The van der Waals surface area contributed by atoms with Crippen LogP contribution >= 0.6 is 11.8 Å². The van der Waals surface area contributed by atoms with E-state index in [2.05, 4.69) is 15.3 Å². The van der Waals surface area contributed by atoms with Gasteiger partial charge in [0.1, 0.15) is 5.82 Å². The fourth-order valence-corrected chi connectivity index (χ4v) is 2.36. The van der Waals surface area contributed by atoms with Crippen molar-refractivity contribution in [3.05, 3.63) is 11.8 Å². The minimum absolute atomic E-state index is 0.0322. The molecule has 0 bridgehead atoms. The molecule has 0 radical (unpaired) electrons. The molecule has 0 aliphatic rings. The van der Waals surface area contributed by atoms with Crippen molar-refractivity contribution in [2.75, 3.05) is 25.5 Å². The van der Waals surface area contributed by atoms with Crippen LogP contribution in [0.15, 0.2) is 11.2 Å². The molecular formula is C13H22N4O2S. The van der Waals surface area contributed by atoms with E-state index in [0.717, 1.165) is 12.1 Å². The highest BCUT2D eigenvalue weighted by Gasteiger charge is 2.15. The topological polar surface area (TPSA) is 90.1 Å². The predicted octanol–water partition coefficient (Wildman–Crippen LogP) is 1.39. The minimum Gasteiger partial charge on any atom is -0.384 e. The van der Waals surface area contributed by atoms with E-state index < -0.39 is 0 Å². The molecule has 1 atom stereocenters. The summed E-state index contributed by atoms with van der Waals surface area (Å²) < 4.78 is 5.21. The van der Waals surface area contributed by atoms with E-state index in [0.29, 0.717) is 30.7 Å². The Morgan fingerprint density at radius 3 is 2.95 bits per heavy atom. The molecule has 0 aliphatic heterocycles. The molecule has 0 aliphatic carbocycles. The molecule has 1 rings (SSSR count). The highest BCUT2D eigenvalue weighted by atomic mass is 32.2. The van der Waals surface area contributed by atoms with Crippen molar-refractivity contribution < 1.29 is 9.53 Å². The number of anilines is 1. The van der Waals surface area contributed by atoms with Crippen LogP contribution in [0.25, 0.3) is 0 Å². The smallest absolute Gasteiger partial charge is 0.233 e. The van der Waals surface area contributed by atoms with Gasteiger partial charge in [0, 0.05) is 31.5 Å². The minimum atomic E-state index is -0.261. The first-order valence-corrected chi connectivity index (χ1v) is 7.54. The summed E-state index contributed by atoms with van der Waals surface area (Å²) in [6.07, 6.45) is 0.810. The standard InChI is InChI=1S/C13H22N4O2S/c1-4-19-7-5-6-15-12(18)10(3)20-13-16-9(2)8-11(14)17-13/h8,10H,4-7H2,1-3H3,(H,15,18)(H2,14,16,17). The second-order valence-corrected chi connectivity index (χ2v) is 5.63. The van der Waals surface area contributed by atoms with Crippen LogP contribution < -0.4 is 11.1 Å². The molecule has 20 heavy (non-hydrogen) atoms. The van der Waals surface area contributed by atoms with E-state index in [9.17, 15) is 4.79 Å². The number of amides is 1. The lowest BCUT2D eigenvalue weighted by Crippen LogP contribution is -2.32. The van der Waals surface area contributed by atoms with Crippen LogP contribution in [0.3, 0.4) is 0 Å². The van der Waals surface area contributed by atoms with Gasteiger partial charge in [-0.2, -0.15) is 0 Å². The molecule has 1 aromatic heterocycles. The first-order chi connectivity index (χ1) is 9.52. The van der Waals surface area contributed by atoms with E-state index in [4.69, 9.17) is 10.5 Å². The average Bonchev–Trinajstić information content (AvgIpc) is 2.36. The van der Waals surface area contributed by atoms with Crippen molar-refractivity contribution in [3.8, 4) is 0 Å². The Hall–Kier alpha value is -1.34. The zero-order valence-corrected chi connectivity index (χ0v) is 13.0. The second kappa shape index (κ2) is 8.76. The monoisotopic (exact) mass is 298 g/mol. The van der Waals surface area contributed by atoms with Crippen molar-refractivity contribution in [3.63, 3.8) is 0 Å². The fraction of sp³-hybridized carbons (Fsp3) is 0.615. The number of aryl methyl sites for hydroxylation is 1. The Morgan fingerprint density at radius 2 is 2.30 bits per heavy atom. The number of nitrogen functional groups attached to an aromatic ring is 1. The van der Waals surface area contributed by atoms with Gasteiger partial charge in [-0.15, -0.1) is 0 Å². The number of ether oxygens (including phenoxy) is 1. The highest BCUT2D eigenvalue weighted by molar-refractivity contribution is 8.00. The van der Waals surface area contributed by atoms with Gasteiger partial charge in [-0.1, -0.05) is 11.8 Å². The normalized spacial score (nSPS) is 12.2. The lowest BCUT2D eigenvalue weighted by molar-refractivity contribution is -0.120. The molecule has 0 saturated heterocycles. The molecule has 3 N–H and O–H groups in total. The molecule has 1 unspecified atom stereocenters. The summed E-state index contributed by atoms with van der Waals surface area (Å²) in [4.78, 5) is 20.2. The van der Waals surface area contributed by atoms with Crippen LogP contribution in [0.1, 0.15) is 26.0 Å². The summed E-state index contributed by atoms with van der Waals surface area (Å²) in [6, 6.07) is 1.70. The Kier molecular flexibility index (Phi) is 7.32. The Bertz CT molecular complexity index is 422. The summed E-state index contributed by atoms with van der Waals surface area (Å²) in [5.41, 5.74) is 6.45. The van der Waals surface area contributed by atoms with Gasteiger partial charge in [-0.25, -0.2) is 9.97 Å². The zero-order chi connectivity index (χ0) is 15.0. The van der Waals surface area contributed by atoms with Crippen molar-refractivity contribution in [1.29, 1.82) is 0 Å². The van der Waals surface area contributed by atoms with Gasteiger partial charge in [-0.3, -0.25) is 4.79 Å². The summed E-state index contributed by atoms with van der Waals surface area (Å²) >= 11 is 1.30. The molecule has 0 spiro atoms. The molecule has 6 nitrogen and oxygen atoms in total. The summed E-state index contributed by atoms with van der Waals surface area (Å²) in [5, 5.41) is 3.13. The maximum atomic E-state index is 11.9. The van der Waals surface area contributed by atoms with E-state index in [1.54, 1.807) is 6.07 Å². The van der Waals surface area contributed by atoms with Crippen LogP contribution in [0.5, 0.6) is 0 Å². The molecule has 0 aromatic carbocycles. The number of rotatable bonds is 8. The van der Waals surface area contributed by atoms with E-state index in [1.807, 2.05) is 20.8 Å². The van der Waals surface area contributed by atoms with Crippen LogP contribution in [0, 0.1) is 6.92 Å². The lowest BCUT2D eigenvalue weighted by Gasteiger charge is -2.11. The Labute approximate surface area is 123 Å². The lowest BCUT2D eigenvalue weighted by atomic mass is 10.4. The summed E-state index contributed by atoms with van der Waals surface area (Å²) in [6.45, 7) is 7.60. The third-order valence-electron chi connectivity index (χ3n) is 2.47. The van der Waals surface area contributed by atoms with Crippen molar-refractivity contribution in [1.82, 2.24) is 15.3 Å². The number of thioether (sulfide) groups is 1. The Balaban J connectivity index is 2.37. The van der Waals surface area contributed by atoms with E-state index in [-0.39, 0.29) is 11.2 Å². The molecule has 0 fully saturated rings. The number of hydrogen-bond acceptors (Lipinski definition) is 6. The Morgan fingerprint density at radius 1 is 1.55 bits per heavy atom. The fourth-order valence-electron chi connectivity index (χ4n) is 1.50. The number of aromatic nitrogens is 2. The molecular weight excluding hydrogens is 276 g/mol. The second-order valence-electron chi connectivity index (χ2n) is 4.32.